The molecular weight excluding hydrogens is 244 g/mol. The first kappa shape index (κ1) is 13.8. The van der Waals surface area contributed by atoms with Crippen molar-refractivity contribution in [1.29, 1.82) is 0 Å². The van der Waals surface area contributed by atoms with E-state index in [1.807, 2.05) is 12.1 Å². The molecule has 1 unspecified atom stereocenters. The van der Waals surface area contributed by atoms with E-state index in [-0.39, 0.29) is 12.5 Å². The number of benzene rings is 1. The number of anilines is 2. The highest BCUT2D eigenvalue weighted by Gasteiger charge is 2.33. The van der Waals surface area contributed by atoms with Crippen molar-refractivity contribution in [3.63, 3.8) is 0 Å². The summed E-state index contributed by atoms with van der Waals surface area (Å²) < 4.78 is 0. The Labute approximate surface area is 113 Å². The third kappa shape index (κ3) is 2.43. The van der Waals surface area contributed by atoms with Crippen LogP contribution in [0.4, 0.5) is 11.4 Å². The lowest BCUT2D eigenvalue weighted by molar-refractivity contribution is -0.125. The number of carbonyl (C=O) groups excluding carboxylic acids is 1. The van der Waals surface area contributed by atoms with Gasteiger partial charge in [-0.25, -0.2) is 0 Å². The van der Waals surface area contributed by atoms with Crippen LogP contribution in [0.1, 0.15) is 25.0 Å². The second-order valence-corrected chi connectivity index (χ2v) is 4.75. The molecule has 2 rings (SSSR count). The SMILES string of the molecule is CCCN(CCO)c1ccc2c(c1)N(C)C(=O)C2O. The van der Waals surface area contributed by atoms with Crippen LogP contribution in [0, 0.1) is 0 Å². The van der Waals surface area contributed by atoms with Gasteiger partial charge in [0.25, 0.3) is 5.91 Å². The number of aliphatic hydroxyl groups excluding tert-OH is 2. The van der Waals surface area contributed by atoms with Crippen LogP contribution in [0.15, 0.2) is 18.2 Å². The van der Waals surface area contributed by atoms with Gasteiger partial charge in [-0.05, 0) is 18.6 Å². The molecule has 0 saturated heterocycles. The summed E-state index contributed by atoms with van der Waals surface area (Å²) in [5, 5.41) is 18.9. The summed E-state index contributed by atoms with van der Waals surface area (Å²) in [6, 6.07) is 5.57. The minimum atomic E-state index is -1.05. The maximum atomic E-state index is 11.7. The lowest BCUT2D eigenvalue weighted by atomic mass is 10.1. The van der Waals surface area contributed by atoms with Crippen molar-refractivity contribution in [3.05, 3.63) is 23.8 Å². The van der Waals surface area contributed by atoms with Gasteiger partial charge in [-0.15, -0.1) is 0 Å². The molecule has 1 aliphatic rings. The first-order valence-corrected chi connectivity index (χ1v) is 6.55. The highest BCUT2D eigenvalue weighted by molar-refractivity contribution is 6.03. The normalized spacial score (nSPS) is 17.8. The molecule has 0 aliphatic carbocycles. The van der Waals surface area contributed by atoms with Crippen LogP contribution in [-0.4, -0.2) is 42.9 Å². The van der Waals surface area contributed by atoms with Crippen LogP contribution in [-0.2, 0) is 4.79 Å². The first-order valence-electron chi connectivity index (χ1n) is 6.55. The molecule has 1 aromatic carbocycles. The number of aliphatic hydroxyl groups is 2. The fourth-order valence-electron chi connectivity index (χ4n) is 2.45. The molecule has 1 amide bonds. The molecule has 0 radical (unpaired) electrons. The number of rotatable bonds is 5. The highest BCUT2D eigenvalue weighted by Crippen LogP contribution is 2.37. The van der Waals surface area contributed by atoms with E-state index in [4.69, 9.17) is 5.11 Å². The van der Waals surface area contributed by atoms with Crippen LogP contribution < -0.4 is 9.80 Å². The zero-order valence-electron chi connectivity index (χ0n) is 11.3. The van der Waals surface area contributed by atoms with Crippen LogP contribution in [0.5, 0.6) is 0 Å². The third-order valence-corrected chi connectivity index (χ3v) is 3.46. The number of likely N-dealkylation sites (N-methyl/N-ethyl adjacent to an activating group) is 1. The zero-order chi connectivity index (χ0) is 14.0. The van der Waals surface area contributed by atoms with Gasteiger partial charge in [-0.1, -0.05) is 13.0 Å². The molecule has 19 heavy (non-hydrogen) atoms. The molecule has 1 atom stereocenters. The standard InChI is InChI=1S/C14H20N2O3/c1-3-6-16(7-8-17)10-4-5-11-12(9-10)15(2)14(19)13(11)18/h4-5,9,13,17-18H,3,6-8H2,1-2H3. The Morgan fingerprint density at radius 3 is 2.74 bits per heavy atom. The second-order valence-electron chi connectivity index (χ2n) is 4.75. The largest absolute Gasteiger partial charge is 0.395 e. The molecule has 5 heteroatoms. The quantitative estimate of drug-likeness (QED) is 0.829. The van der Waals surface area contributed by atoms with Crippen molar-refractivity contribution in [2.45, 2.75) is 19.4 Å². The maximum absolute atomic E-state index is 11.7. The Morgan fingerprint density at radius 1 is 1.37 bits per heavy atom. The molecule has 0 spiro atoms. The molecule has 1 heterocycles. The van der Waals surface area contributed by atoms with Crippen LogP contribution >= 0.6 is 0 Å². The molecule has 0 bridgehead atoms. The van der Waals surface area contributed by atoms with Crippen molar-refractivity contribution in [3.8, 4) is 0 Å². The fraction of sp³-hybridized carbons (Fsp3) is 0.500. The third-order valence-electron chi connectivity index (χ3n) is 3.46. The molecule has 1 aromatic rings. The topological polar surface area (TPSA) is 64.0 Å². The summed E-state index contributed by atoms with van der Waals surface area (Å²) in [6.45, 7) is 3.58. The highest BCUT2D eigenvalue weighted by atomic mass is 16.3. The molecule has 0 saturated carbocycles. The van der Waals surface area contributed by atoms with E-state index in [0.717, 1.165) is 24.3 Å². The summed E-state index contributed by atoms with van der Waals surface area (Å²) in [5.41, 5.74) is 2.36. The van der Waals surface area contributed by atoms with E-state index in [1.165, 1.54) is 4.90 Å². The van der Waals surface area contributed by atoms with Crippen molar-refractivity contribution in [1.82, 2.24) is 0 Å². The fourth-order valence-corrected chi connectivity index (χ4v) is 2.45. The molecule has 1 aliphatic heterocycles. The lowest BCUT2D eigenvalue weighted by Crippen LogP contribution is -2.27. The predicted molar refractivity (Wildman–Crippen MR) is 74.4 cm³/mol. The summed E-state index contributed by atoms with van der Waals surface area (Å²) >= 11 is 0. The number of nitrogens with zero attached hydrogens (tertiary/aromatic N) is 2. The summed E-state index contributed by atoms with van der Waals surface area (Å²) in [5.74, 6) is -0.295. The van der Waals surface area contributed by atoms with Crippen molar-refractivity contribution in [2.75, 3.05) is 36.5 Å². The average Bonchev–Trinajstić information content (AvgIpc) is 2.63. The van der Waals surface area contributed by atoms with E-state index in [2.05, 4.69) is 11.8 Å². The van der Waals surface area contributed by atoms with E-state index >= 15 is 0 Å². The molecule has 0 aromatic heterocycles. The summed E-state index contributed by atoms with van der Waals surface area (Å²) in [6.07, 6.45) is -0.0689. The Balaban J connectivity index is 2.33. The van der Waals surface area contributed by atoms with Crippen LogP contribution in [0.2, 0.25) is 0 Å². The minimum absolute atomic E-state index is 0.0917. The van der Waals surface area contributed by atoms with Gasteiger partial charge >= 0.3 is 0 Å². The summed E-state index contributed by atoms with van der Waals surface area (Å²) in [7, 11) is 1.66. The van der Waals surface area contributed by atoms with Crippen LogP contribution in [0.25, 0.3) is 0 Å². The Hall–Kier alpha value is -1.59. The van der Waals surface area contributed by atoms with Gasteiger partial charge in [0.2, 0.25) is 0 Å². The molecule has 5 nitrogen and oxygen atoms in total. The van der Waals surface area contributed by atoms with Gasteiger partial charge < -0.3 is 20.0 Å². The minimum Gasteiger partial charge on any atom is -0.395 e. The zero-order valence-corrected chi connectivity index (χ0v) is 11.3. The van der Waals surface area contributed by atoms with Gasteiger partial charge in [-0.3, -0.25) is 4.79 Å². The van der Waals surface area contributed by atoms with Gasteiger partial charge in [0, 0.05) is 31.4 Å². The lowest BCUT2D eigenvalue weighted by Gasteiger charge is -2.24. The molecule has 0 fully saturated rings. The van der Waals surface area contributed by atoms with Gasteiger partial charge in [0.15, 0.2) is 6.10 Å². The number of carbonyl (C=O) groups is 1. The first-order chi connectivity index (χ1) is 9.10. The van der Waals surface area contributed by atoms with E-state index in [1.54, 1.807) is 13.1 Å². The van der Waals surface area contributed by atoms with Gasteiger partial charge in [-0.2, -0.15) is 0 Å². The Bertz CT molecular complexity index is 470. The van der Waals surface area contributed by atoms with E-state index < -0.39 is 6.10 Å². The molecule has 2 N–H and O–H groups in total. The molecular formula is C14H20N2O3. The van der Waals surface area contributed by atoms with E-state index in [9.17, 15) is 9.90 Å². The number of fused-ring (bicyclic) bond motifs is 1. The number of amides is 1. The predicted octanol–water partition coefficient (Wildman–Crippen LogP) is 0.905. The average molecular weight is 264 g/mol. The molecule has 104 valence electrons. The van der Waals surface area contributed by atoms with Crippen molar-refractivity contribution < 1.29 is 15.0 Å². The Morgan fingerprint density at radius 2 is 2.11 bits per heavy atom. The van der Waals surface area contributed by atoms with Crippen molar-refractivity contribution >= 4 is 17.3 Å². The van der Waals surface area contributed by atoms with Crippen LogP contribution in [0.3, 0.4) is 0 Å². The second kappa shape index (κ2) is 5.59. The monoisotopic (exact) mass is 264 g/mol. The van der Waals surface area contributed by atoms with Crippen molar-refractivity contribution in [2.24, 2.45) is 0 Å². The Kier molecular flexibility index (Phi) is 4.07. The van der Waals surface area contributed by atoms with Gasteiger partial charge in [0.05, 0.1) is 12.3 Å². The maximum Gasteiger partial charge on any atom is 0.260 e. The number of hydrogen-bond acceptors (Lipinski definition) is 4. The summed E-state index contributed by atoms with van der Waals surface area (Å²) in [4.78, 5) is 15.3. The number of hydrogen-bond donors (Lipinski definition) is 2. The van der Waals surface area contributed by atoms with Gasteiger partial charge in [0.1, 0.15) is 0 Å². The van der Waals surface area contributed by atoms with E-state index in [0.29, 0.717) is 12.1 Å². The smallest absolute Gasteiger partial charge is 0.260 e.